The SMILES string of the molecule is COC[C@H](C)NC(=O)CSc1ncnc2ccccc12. The first-order valence-electron chi connectivity index (χ1n) is 6.31. The van der Waals surface area contributed by atoms with Crippen molar-refractivity contribution in [3.8, 4) is 0 Å². The van der Waals surface area contributed by atoms with Gasteiger partial charge in [0.05, 0.1) is 17.9 Å². The number of methoxy groups -OCH3 is 1. The van der Waals surface area contributed by atoms with Crippen molar-refractivity contribution in [1.82, 2.24) is 15.3 Å². The summed E-state index contributed by atoms with van der Waals surface area (Å²) in [4.78, 5) is 20.2. The summed E-state index contributed by atoms with van der Waals surface area (Å²) in [5.74, 6) is 0.303. The van der Waals surface area contributed by atoms with Gasteiger partial charge in [0.2, 0.25) is 5.91 Å². The average molecular weight is 291 g/mol. The predicted octanol–water partition coefficient (Wildman–Crippen LogP) is 1.87. The molecule has 0 saturated carbocycles. The fourth-order valence-corrected chi connectivity index (χ4v) is 2.64. The minimum atomic E-state index is -0.0257. The van der Waals surface area contributed by atoms with Crippen molar-refractivity contribution < 1.29 is 9.53 Å². The number of nitrogens with one attached hydrogen (secondary N) is 1. The predicted molar refractivity (Wildman–Crippen MR) is 79.7 cm³/mol. The zero-order chi connectivity index (χ0) is 14.4. The third-order valence-corrected chi connectivity index (χ3v) is 3.68. The Morgan fingerprint density at radius 1 is 1.40 bits per heavy atom. The Hall–Kier alpha value is -1.66. The van der Waals surface area contributed by atoms with E-state index in [0.29, 0.717) is 12.4 Å². The van der Waals surface area contributed by atoms with Gasteiger partial charge in [-0.15, -0.1) is 0 Å². The smallest absolute Gasteiger partial charge is 0.230 e. The van der Waals surface area contributed by atoms with Crippen LogP contribution in [0.3, 0.4) is 0 Å². The number of ether oxygens (including phenoxy) is 1. The molecule has 20 heavy (non-hydrogen) atoms. The van der Waals surface area contributed by atoms with E-state index < -0.39 is 0 Å². The summed E-state index contributed by atoms with van der Waals surface area (Å²) in [5, 5.41) is 4.67. The second-order valence-electron chi connectivity index (χ2n) is 4.41. The topological polar surface area (TPSA) is 64.1 Å². The lowest BCUT2D eigenvalue weighted by Crippen LogP contribution is -2.36. The van der Waals surface area contributed by atoms with Crippen molar-refractivity contribution in [3.63, 3.8) is 0 Å². The first-order chi connectivity index (χ1) is 9.70. The number of hydrogen-bond donors (Lipinski definition) is 1. The van der Waals surface area contributed by atoms with Crippen LogP contribution in [0.2, 0.25) is 0 Å². The minimum Gasteiger partial charge on any atom is -0.383 e. The van der Waals surface area contributed by atoms with Crippen LogP contribution in [0.5, 0.6) is 0 Å². The van der Waals surface area contributed by atoms with E-state index in [1.54, 1.807) is 7.11 Å². The number of carbonyl (C=O) groups is 1. The van der Waals surface area contributed by atoms with Gasteiger partial charge in [-0.1, -0.05) is 30.0 Å². The molecule has 6 heteroatoms. The average Bonchev–Trinajstić information content (AvgIpc) is 2.45. The Kier molecular flexibility index (Phi) is 5.31. The second kappa shape index (κ2) is 7.21. The Bertz CT molecular complexity index is 586. The molecule has 1 aromatic carbocycles. The van der Waals surface area contributed by atoms with E-state index >= 15 is 0 Å². The van der Waals surface area contributed by atoms with Crippen LogP contribution in [0.4, 0.5) is 0 Å². The molecule has 0 radical (unpaired) electrons. The zero-order valence-corrected chi connectivity index (χ0v) is 12.3. The van der Waals surface area contributed by atoms with Gasteiger partial charge in [-0.2, -0.15) is 0 Å². The minimum absolute atomic E-state index is 0.00948. The highest BCUT2D eigenvalue weighted by Gasteiger charge is 2.10. The molecule has 0 aliphatic heterocycles. The number of nitrogens with zero attached hydrogens (tertiary/aromatic N) is 2. The lowest BCUT2D eigenvalue weighted by atomic mass is 10.2. The molecule has 0 aliphatic rings. The summed E-state index contributed by atoms with van der Waals surface area (Å²) in [7, 11) is 1.62. The van der Waals surface area contributed by atoms with Crippen LogP contribution < -0.4 is 5.32 Å². The molecular weight excluding hydrogens is 274 g/mol. The highest BCUT2D eigenvalue weighted by atomic mass is 32.2. The normalized spacial score (nSPS) is 12.3. The van der Waals surface area contributed by atoms with Gasteiger partial charge in [-0.05, 0) is 13.0 Å². The van der Waals surface area contributed by atoms with E-state index in [0.717, 1.165) is 15.9 Å². The highest BCUT2D eigenvalue weighted by Crippen LogP contribution is 2.23. The number of hydrogen-bond acceptors (Lipinski definition) is 5. The number of amides is 1. The lowest BCUT2D eigenvalue weighted by molar-refractivity contribution is -0.119. The fraction of sp³-hybridized carbons (Fsp3) is 0.357. The number of thioether (sulfide) groups is 1. The number of benzene rings is 1. The third-order valence-electron chi connectivity index (χ3n) is 2.67. The summed E-state index contributed by atoms with van der Waals surface area (Å²) in [5.41, 5.74) is 0.887. The molecule has 0 saturated heterocycles. The van der Waals surface area contributed by atoms with Crippen molar-refractivity contribution in [2.45, 2.75) is 18.0 Å². The number of aromatic nitrogens is 2. The zero-order valence-electron chi connectivity index (χ0n) is 11.5. The van der Waals surface area contributed by atoms with E-state index in [1.165, 1.54) is 18.1 Å². The maximum atomic E-state index is 11.8. The molecule has 1 aromatic heterocycles. The van der Waals surface area contributed by atoms with Crippen molar-refractivity contribution in [2.75, 3.05) is 19.5 Å². The summed E-state index contributed by atoms with van der Waals surface area (Å²) < 4.78 is 4.98. The maximum Gasteiger partial charge on any atom is 0.230 e. The largest absolute Gasteiger partial charge is 0.383 e. The van der Waals surface area contributed by atoms with Crippen LogP contribution in [0.1, 0.15) is 6.92 Å². The van der Waals surface area contributed by atoms with Gasteiger partial charge in [0.15, 0.2) is 0 Å². The fourth-order valence-electron chi connectivity index (χ4n) is 1.84. The quantitative estimate of drug-likeness (QED) is 0.650. The maximum absolute atomic E-state index is 11.8. The van der Waals surface area contributed by atoms with E-state index in [4.69, 9.17) is 4.74 Å². The molecule has 2 rings (SSSR count). The second-order valence-corrected chi connectivity index (χ2v) is 5.37. The van der Waals surface area contributed by atoms with Gasteiger partial charge in [-0.3, -0.25) is 4.79 Å². The molecule has 1 atom stereocenters. The third kappa shape index (κ3) is 3.91. The molecule has 0 fully saturated rings. The lowest BCUT2D eigenvalue weighted by Gasteiger charge is -2.12. The van der Waals surface area contributed by atoms with Crippen molar-refractivity contribution in [1.29, 1.82) is 0 Å². The molecule has 1 amide bonds. The van der Waals surface area contributed by atoms with Gasteiger partial charge < -0.3 is 10.1 Å². The van der Waals surface area contributed by atoms with Gasteiger partial charge in [-0.25, -0.2) is 9.97 Å². The van der Waals surface area contributed by atoms with Gasteiger partial charge in [0.1, 0.15) is 11.4 Å². The first-order valence-corrected chi connectivity index (χ1v) is 7.30. The van der Waals surface area contributed by atoms with E-state index in [1.807, 2.05) is 31.2 Å². The monoisotopic (exact) mass is 291 g/mol. The van der Waals surface area contributed by atoms with E-state index in [9.17, 15) is 4.79 Å². The van der Waals surface area contributed by atoms with E-state index in [2.05, 4.69) is 15.3 Å². The molecule has 0 bridgehead atoms. The summed E-state index contributed by atoms with van der Waals surface area (Å²) in [6.07, 6.45) is 1.52. The Morgan fingerprint density at radius 3 is 3.00 bits per heavy atom. The summed E-state index contributed by atoms with van der Waals surface area (Å²) in [6.45, 7) is 2.42. The van der Waals surface area contributed by atoms with Crippen LogP contribution >= 0.6 is 11.8 Å². The van der Waals surface area contributed by atoms with Crippen LogP contribution in [0, 0.1) is 0 Å². The summed E-state index contributed by atoms with van der Waals surface area (Å²) in [6, 6.07) is 7.78. The van der Waals surface area contributed by atoms with E-state index in [-0.39, 0.29) is 11.9 Å². The molecule has 5 nitrogen and oxygen atoms in total. The van der Waals surface area contributed by atoms with Crippen molar-refractivity contribution in [2.24, 2.45) is 0 Å². The number of fused-ring (bicyclic) bond motifs is 1. The van der Waals surface area contributed by atoms with Crippen molar-refractivity contribution >= 4 is 28.6 Å². The van der Waals surface area contributed by atoms with Gasteiger partial charge in [0.25, 0.3) is 0 Å². The van der Waals surface area contributed by atoms with Crippen LogP contribution in [0.15, 0.2) is 35.6 Å². The Balaban J connectivity index is 1.97. The van der Waals surface area contributed by atoms with Gasteiger partial charge >= 0.3 is 0 Å². The molecule has 1 N–H and O–H groups in total. The number of carbonyl (C=O) groups excluding carboxylic acids is 1. The molecule has 0 spiro atoms. The highest BCUT2D eigenvalue weighted by molar-refractivity contribution is 8.00. The van der Waals surface area contributed by atoms with Crippen LogP contribution in [0.25, 0.3) is 10.9 Å². The van der Waals surface area contributed by atoms with Crippen LogP contribution in [-0.4, -0.2) is 41.4 Å². The van der Waals surface area contributed by atoms with Crippen molar-refractivity contribution in [3.05, 3.63) is 30.6 Å². The molecule has 2 aromatic rings. The molecule has 0 aliphatic carbocycles. The molecular formula is C14H17N3O2S. The van der Waals surface area contributed by atoms with Gasteiger partial charge in [0, 0.05) is 18.5 Å². The Labute approximate surface area is 122 Å². The first kappa shape index (κ1) is 14.7. The Morgan fingerprint density at radius 2 is 2.20 bits per heavy atom. The standard InChI is InChI=1S/C14H17N3O2S/c1-10(7-19-2)17-13(18)8-20-14-11-5-3-4-6-12(11)15-9-16-14/h3-6,9-10H,7-8H2,1-2H3,(H,17,18)/t10-/m0/s1. The molecule has 0 unspecified atom stereocenters. The van der Waals surface area contributed by atoms with Crippen LogP contribution in [-0.2, 0) is 9.53 Å². The molecule has 1 heterocycles. The summed E-state index contributed by atoms with van der Waals surface area (Å²) >= 11 is 1.41. The number of rotatable bonds is 6. The molecule has 106 valence electrons. The number of para-hydroxylation sites is 1.